The molecule has 0 bridgehead atoms. The van der Waals surface area contributed by atoms with Crippen molar-refractivity contribution in [2.75, 3.05) is 26.1 Å². The second-order valence-electron chi connectivity index (χ2n) is 5.90. The fourth-order valence-corrected chi connectivity index (χ4v) is 3.28. The molecule has 1 fully saturated rings. The molecule has 1 saturated heterocycles. The molecule has 1 heterocycles. The van der Waals surface area contributed by atoms with Crippen LogP contribution in [0.1, 0.15) is 24.4 Å². The van der Waals surface area contributed by atoms with Crippen LogP contribution in [0.25, 0.3) is 0 Å². The number of nitrogens with one attached hydrogen (secondary N) is 1. The lowest BCUT2D eigenvalue weighted by molar-refractivity contribution is 0.206. The van der Waals surface area contributed by atoms with Gasteiger partial charge in [-0.2, -0.15) is 0 Å². The summed E-state index contributed by atoms with van der Waals surface area (Å²) in [6, 6.07) is 12.7. The Labute approximate surface area is 152 Å². The topological polar surface area (TPSA) is 50.8 Å². The van der Waals surface area contributed by atoms with Gasteiger partial charge in [-0.1, -0.05) is 11.6 Å². The first-order chi connectivity index (χ1) is 12.1. The molecular weight excluding hydrogens is 340 g/mol. The number of anilines is 1. The van der Waals surface area contributed by atoms with Crippen molar-refractivity contribution in [3.63, 3.8) is 0 Å². The molecule has 0 aliphatic carbocycles. The number of rotatable bonds is 4. The Hall–Kier alpha value is -2.40. The van der Waals surface area contributed by atoms with Crippen LogP contribution < -0.4 is 14.8 Å². The van der Waals surface area contributed by atoms with E-state index < -0.39 is 0 Å². The molecule has 0 radical (unpaired) electrons. The molecule has 1 aliphatic heterocycles. The van der Waals surface area contributed by atoms with E-state index in [-0.39, 0.29) is 12.1 Å². The summed E-state index contributed by atoms with van der Waals surface area (Å²) in [6.07, 6.45) is 1.85. The van der Waals surface area contributed by atoms with E-state index in [0.717, 1.165) is 35.6 Å². The third-order valence-electron chi connectivity index (χ3n) is 4.41. The summed E-state index contributed by atoms with van der Waals surface area (Å²) < 4.78 is 10.8. The van der Waals surface area contributed by atoms with Crippen LogP contribution in [0.3, 0.4) is 0 Å². The Morgan fingerprint density at radius 1 is 1.16 bits per heavy atom. The molecule has 1 aliphatic rings. The van der Waals surface area contributed by atoms with Crippen molar-refractivity contribution in [1.29, 1.82) is 0 Å². The number of benzene rings is 2. The van der Waals surface area contributed by atoms with Gasteiger partial charge >= 0.3 is 6.03 Å². The number of likely N-dealkylation sites (tertiary alicyclic amines) is 1. The molecule has 0 aromatic heterocycles. The number of urea groups is 1. The van der Waals surface area contributed by atoms with Gasteiger partial charge in [0.2, 0.25) is 0 Å². The number of hydrogen-bond donors (Lipinski definition) is 1. The zero-order valence-electron chi connectivity index (χ0n) is 14.3. The fourth-order valence-electron chi connectivity index (χ4n) is 3.16. The first-order valence-electron chi connectivity index (χ1n) is 8.17. The number of hydrogen-bond acceptors (Lipinski definition) is 3. The summed E-state index contributed by atoms with van der Waals surface area (Å²) in [5.74, 6) is 1.46. The fraction of sp³-hybridized carbons (Fsp3) is 0.316. The number of ether oxygens (including phenoxy) is 2. The summed E-state index contributed by atoms with van der Waals surface area (Å²) in [7, 11) is 3.25. The molecule has 3 rings (SSSR count). The molecule has 25 heavy (non-hydrogen) atoms. The number of nitrogens with zero attached hydrogens (tertiary/aromatic N) is 1. The summed E-state index contributed by atoms with van der Waals surface area (Å²) in [4.78, 5) is 14.6. The van der Waals surface area contributed by atoms with Crippen LogP contribution in [-0.4, -0.2) is 31.7 Å². The summed E-state index contributed by atoms with van der Waals surface area (Å²) >= 11 is 5.89. The molecule has 0 unspecified atom stereocenters. The predicted molar refractivity (Wildman–Crippen MR) is 98.7 cm³/mol. The van der Waals surface area contributed by atoms with E-state index in [0.29, 0.717) is 11.6 Å². The van der Waals surface area contributed by atoms with E-state index in [1.807, 2.05) is 23.1 Å². The quantitative estimate of drug-likeness (QED) is 0.857. The van der Waals surface area contributed by atoms with Gasteiger partial charge in [0.05, 0.1) is 20.3 Å². The number of carbonyl (C=O) groups excluding carboxylic acids is 1. The van der Waals surface area contributed by atoms with Gasteiger partial charge in [-0.3, -0.25) is 0 Å². The first kappa shape index (κ1) is 17.4. The van der Waals surface area contributed by atoms with Gasteiger partial charge in [0.1, 0.15) is 11.5 Å². The SMILES string of the molecule is COc1ccc([C@@H]2CCCN2C(=O)Nc2ccc(Cl)cc2)c(OC)c1. The second-order valence-corrected chi connectivity index (χ2v) is 6.33. The van der Waals surface area contributed by atoms with Gasteiger partial charge in [-0.15, -0.1) is 0 Å². The zero-order valence-corrected chi connectivity index (χ0v) is 15.0. The maximum Gasteiger partial charge on any atom is 0.322 e. The molecule has 0 saturated carbocycles. The van der Waals surface area contributed by atoms with Crippen LogP contribution in [0, 0.1) is 0 Å². The van der Waals surface area contributed by atoms with Crippen LogP contribution in [0.4, 0.5) is 10.5 Å². The highest BCUT2D eigenvalue weighted by molar-refractivity contribution is 6.30. The van der Waals surface area contributed by atoms with E-state index in [1.165, 1.54) is 0 Å². The van der Waals surface area contributed by atoms with Crippen molar-refractivity contribution in [1.82, 2.24) is 4.90 Å². The Kier molecular flexibility index (Phi) is 5.34. The summed E-state index contributed by atoms with van der Waals surface area (Å²) in [5, 5.41) is 3.57. The molecular formula is C19H21ClN2O3. The lowest BCUT2D eigenvalue weighted by Crippen LogP contribution is -2.34. The molecule has 1 N–H and O–H groups in total. The van der Waals surface area contributed by atoms with Gasteiger partial charge in [0, 0.05) is 28.9 Å². The standard InChI is InChI=1S/C19H21ClN2O3/c1-24-15-9-10-16(18(12-15)25-2)17-4-3-11-22(17)19(23)21-14-7-5-13(20)6-8-14/h5-10,12,17H,3-4,11H2,1-2H3,(H,21,23)/t17-/m0/s1. The Bertz CT molecular complexity index is 749. The first-order valence-corrected chi connectivity index (χ1v) is 8.55. The van der Waals surface area contributed by atoms with Gasteiger partial charge in [-0.05, 0) is 49.2 Å². The van der Waals surface area contributed by atoms with E-state index in [4.69, 9.17) is 21.1 Å². The number of carbonyl (C=O) groups is 1. The lowest BCUT2D eigenvalue weighted by Gasteiger charge is -2.26. The second kappa shape index (κ2) is 7.66. The zero-order chi connectivity index (χ0) is 17.8. The maximum absolute atomic E-state index is 12.7. The van der Waals surface area contributed by atoms with E-state index in [2.05, 4.69) is 5.32 Å². The van der Waals surface area contributed by atoms with Crippen molar-refractivity contribution in [2.45, 2.75) is 18.9 Å². The highest BCUT2D eigenvalue weighted by atomic mass is 35.5. The minimum absolute atomic E-state index is 0.0202. The van der Waals surface area contributed by atoms with E-state index in [9.17, 15) is 4.79 Å². The van der Waals surface area contributed by atoms with Crippen LogP contribution in [0.15, 0.2) is 42.5 Å². The van der Waals surface area contributed by atoms with Crippen molar-refractivity contribution >= 4 is 23.3 Å². The van der Waals surface area contributed by atoms with Crippen LogP contribution in [0.5, 0.6) is 11.5 Å². The minimum atomic E-state index is -0.123. The molecule has 1 atom stereocenters. The van der Waals surface area contributed by atoms with Crippen LogP contribution in [-0.2, 0) is 0 Å². The maximum atomic E-state index is 12.7. The monoisotopic (exact) mass is 360 g/mol. The summed E-state index contributed by atoms with van der Waals surface area (Å²) in [5.41, 5.74) is 1.72. The Balaban J connectivity index is 1.80. The van der Waals surface area contributed by atoms with Crippen molar-refractivity contribution in [3.05, 3.63) is 53.1 Å². The highest BCUT2D eigenvalue weighted by Crippen LogP contribution is 2.38. The molecule has 2 aromatic rings. The third-order valence-corrected chi connectivity index (χ3v) is 4.66. The molecule has 5 nitrogen and oxygen atoms in total. The van der Waals surface area contributed by atoms with Gasteiger partial charge < -0.3 is 19.7 Å². The van der Waals surface area contributed by atoms with Gasteiger partial charge in [0.15, 0.2) is 0 Å². The largest absolute Gasteiger partial charge is 0.497 e. The third kappa shape index (κ3) is 3.82. The predicted octanol–water partition coefficient (Wildman–Crippen LogP) is 4.73. The van der Waals surface area contributed by atoms with Crippen LogP contribution in [0.2, 0.25) is 5.02 Å². The number of halogens is 1. The molecule has 2 amide bonds. The average Bonchev–Trinajstić information content (AvgIpc) is 3.12. The lowest BCUT2D eigenvalue weighted by atomic mass is 10.0. The number of amides is 2. The highest BCUT2D eigenvalue weighted by Gasteiger charge is 2.32. The minimum Gasteiger partial charge on any atom is -0.497 e. The summed E-state index contributed by atoms with van der Waals surface area (Å²) in [6.45, 7) is 0.708. The van der Waals surface area contributed by atoms with E-state index in [1.54, 1.807) is 38.5 Å². The molecule has 132 valence electrons. The van der Waals surface area contributed by atoms with E-state index >= 15 is 0 Å². The Morgan fingerprint density at radius 2 is 1.92 bits per heavy atom. The van der Waals surface area contributed by atoms with Crippen molar-refractivity contribution < 1.29 is 14.3 Å². The average molecular weight is 361 g/mol. The normalized spacial score (nSPS) is 16.6. The molecule has 2 aromatic carbocycles. The van der Waals surface area contributed by atoms with Crippen molar-refractivity contribution in [2.24, 2.45) is 0 Å². The van der Waals surface area contributed by atoms with Gasteiger partial charge in [0.25, 0.3) is 0 Å². The van der Waals surface area contributed by atoms with Crippen LogP contribution >= 0.6 is 11.6 Å². The smallest absolute Gasteiger partial charge is 0.322 e. The molecule has 6 heteroatoms. The molecule has 0 spiro atoms. The van der Waals surface area contributed by atoms with Crippen molar-refractivity contribution in [3.8, 4) is 11.5 Å². The van der Waals surface area contributed by atoms with Gasteiger partial charge in [-0.25, -0.2) is 4.79 Å². The Morgan fingerprint density at radius 3 is 2.60 bits per heavy atom. The number of methoxy groups -OCH3 is 2.